The van der Waals surface area contributed by atoms with Crippen molar-refractivity contribution in [1.82, 2.24) is 14.9 Å². The number of carbonyl (C=O) groups excluding carboxylic acids is 1. The lowest BCUT2D eigenvalue weighted by Crippen LogP contribution is -2.31. The van der Waals surface area contributed by atoms with Crippen LogP contribution >= 0.6 is 22.7 Å². The number of rotatable bonds is 5. The highest BCUT2D eigenvalue weighted by Gasteiger charge is 2.07. The zero-order chi connectivity index (χ0) is 15.4. The van der Waals surface area contributed by atoms with E-state index in [-0.39, 0.29) is 18.0 Å². The van der Waals surface area contributed by atoms with Gasteiger partial charge in [-0.1, -0.05) is 12.1 Å². The second-order valence-corrected chi connectivity index (χ2v) is 6.55. The second-order valence-electron chi connectivity index (χ2n) is 4.57. The Labute approximate surface area is 134 Å². The molecule has 3 heterocycles. The summed E-state index contributed by atoms with van der Waals surface area (Å²) in [5.41, 5.74) is 0.403. The van der Waals surface area contributed by atoms with Crippen LogP contribution in [-0.2, 0) is 17.9 Å². The van der Waals surface area contributed by atoms with Gasteiger partial charge in [0.25, 0.3) is 5.56 Å². The average Bonchev–Trinajstić information content (AvgIpc) is 3.20. The van der Waals surface area contributed by atoms with Crippen molar-refractivity contribution in [2.24, 2.45) is 0 Å². The van der Waals surface area contributed by atoms with E-state index in [4.69, 9.17) is 0 Å². The van der Waals surface area contributed by atoms with Gasteiger partial charge in [-0.3, -0.25) is 14.2 Å². The number of hydrogen-bond donors (Lipinski definition) is 1. The van der Waals surface area contributed by atoms with Crippen LogP contribution in [0.3, 0.4) is 0 Å². The third-order valence-corrected chi connectivity index (χ3v) is 4.78. The molecule has 0 spiro atoms. The van der Waals surface area contributed by atoms with E-state index in [1.165, 1.54) is 28.3 Å². The van der Waals surface area contributed by atoms with Crippen LogP contribution in [0.5, 0.6) is 0 Å². The van der Waals surface area contributed by atoms with E-state index in [1.54, 1.807) is 11.3 Å². The molecule has 0 aliphatic rings. The molecule has 3 rings (SSSR count). The molecule has 3 aromatic heterocycles. The molecule has 22 heavy (non-hydrogen) atoms. The van der Waals surface area contributed by atoms with E-state index >= 15 is 0 Å². The van der Waals surface area contributed by atoms with Crippen molar-refractivity contribution in [3.8, 4) is 10.6 Å². The van der Waals surface area contributed by atoms with Gasteiger partial charge in [-0.2, -0.15) is 0 Å². The minimum atomic E-state index is -0.232. The van der Waals surface area contributed by atoms with Gasteiger partial charge in [0.2, 0.25) is 5.91 Å². The summed E-state index contributed by atoms with van der Waals surface area (Å²) in [4.78, 5) is 30.2. The zero-order valence-electron chi connectivity index (χ0n) is 11.6. The molecule has 0 saturated heterocycles. The van der Waals surface area contributed by atoms with Crippen LogP contribution in [0.15, 0.2) is 52.2 Å². The minimum absolute atomic E-state index is 0.0259. The Balaban J connectivity index is 1.65. The second kappa shape index (κ2) is 6.67. The highest BCUT2D eigenvalue weighted by molar-refractivity contribution is 7.13. The first-order chi connectivity index (χ1) is 10.7. The van der Waals surface area contributed by atoms with Crippen molar-refractivity contribution in [2.75, 3.05) is 0 Å². The molecular weight excluding hydrogens is 318 g/mol. The van der Waals surface area contributed by atoms with Crippen molar-refractivity contribution in [3.05, 3.63) is 62.7 Å². The molecular formula is C15H13N3O2S2. The van der Waals surface area contributed by atoms with Crippen LogP contribution in [-0.4, -0.2) is 15.5 Å². The van der Waals surface area contributed by atoms with Crippen molar-refractivity contribution >= 4 is 28.6 Å². The van der Waals surface area contributed by atoms with Crippen LogP contribution < -0.4 is 10.9 Å². The van der Waals surface area contributed by atoms with Gasteiger partial charge in [-0.05, 0) is 22.9 Å². The van der Waals surface area contributed by atoms with Crippen LogP contribution in [0, 0.1) is 0 Å². The molecule has 7 heteroatoms. The summed E-state index contributed by atoms with van der Waals surface area (Å²) in [5.74, 6) is -0.207. The zero-order valence-corrected chi connectivity index (χ0v) is 13.2. The van der Waals surface area contributed by atoms with Crippen LogP contribution in [0.4, 0.5) is 0 Å². The smallest absolute Gasteiger partial charge is 0.254 e. The minimum Gasteiger partial charge on any atom is -0.350 e. The summed E-state index contributed by atoms with van der Waals surface area (Å²) in [6.07, 6.45) is 1.42. The highest BCUT2D eigenvalue weighted by atomic mass is 32.1. The fraction of sp³-hybridized carbons (Fsp3) is 0.133. The molecule has 0 radical (unpaired) electrons. The Morgan fingerprint density at radius 2 is 2.05 bits per heavy atom. The molecule has 0 aliphatic heterocycles. The number of nitrogens with zero attached hydrogens (tertiary/aromatic N) is 2. The van der Waals surface area contributed by atoms with Gasteiger partial charge in [-0.15, -0.1) is 22.7 Å². The van der Waals surface area contributed by atoms with Gasteiger partial charge in [0.1, 0.15) is 6.54 Å². The summed E-state index contributed by atoms with van der Waals surface area (Å²) in [6, 6.07) is 9.16. The highest BCUT2D eigenvalue weighted by Crippen LogP contribution is 2.20. The first kappa shape index (κ1) is 14.7. The summed E-state index contributed by atoms with van der Waals surface area (Å²) in [7, 11) is 0. The third kappa shape index (κ3) is 3.49. The maximum atomic E-state index is 12.1. The fourth-order valence-electron chi connectivity index (χ4n) is 1.91. The van der Waals surface area contributed by atoms with E-state index in [0.717, 1.165) is 9.75 Å². The maximum Gasteiger partial charge on any atom is 0.254 e. The van der Waals surface area contributed by atoms with Crippen molar-refractivity contribution in [2.45, 2.75) is 13.1 Å². The van der Waals surface area contributed by atoms with E-state index in [1.807, 2.05) is 35.0 Å². The third-order valence-electron chi connectivity index (χ3n) is 3.01. The van der Waals surface area contributed by atoms with Gasteiger partial charge >= 0.3 is 0 Å². The van der Waals surface area contributed by atoms with Crippen molar-refractivity contribution in [3.63, 3.8) is 0 Å². The lowest BCUT2D eigenvalue weighted by atomic mass is 10.3. The van der Waals surface area contributed by atoms with Gasteiger partial charge < -0.3 is 5.32 Å². The predicted molar refractivity (Wildman–Crippen MR) is 88.0 cm³/mol. The molecule has 0 bridgehead atoms. The first-order valence-electron chi connectivity index (χ1n) is 6.62. The van der Waals surface area contributed by atoms with Crippen molar-refractivity contribution in [1.29, 1.82) is 0 Å². The van der Waals surface area contributed by atoms with Gasteiger partial charge in [0.15, 0.2) is 0 Å². The standard InChI is InChI=1S/C15H13N3O2S2/c19-14(16-8-11-3-1-5-21-11)9-18-10-17-12(7-15(18)20)13-4-2-6-22-13/h1-7,10H,8-9H2,(H,16,19). The molecule has 0 atom stereocenters. The summed E-state index contributed by atoms with van der Waals surface area (Å²) >= 11 is 3.10. The number of thiophene rings is 2. The number of carbonyl (C=O) groups is 1. The molecule has 3 aromatic rings. The van der Waals surface area contributed by atoms with Crippen LogP contribution in [0.2, 0.25) is 0 Å². The molecule has 0 saturated carbocycles. The Bertz CT molecular complexity index is 808. The van der Waals surface area contributed by atoms with E-state index < -0.39 is 0 Å². The number of hydrogen-bond acceptors (Lipinski definition) is 5. The topological polar surface area (TPSA) is 64.0 Å². The Morgan fingerprint density at radius 3 is 2.73 bits per heavy atom. The number of aromatic nitrogens is 2. The van der Waals surface area contributed by atoms with Gasteiger partial charge in [0, 0.05) is 10.9 Å². The average molecular weight is 331 g/mol. The number of nitrogens with one attached hydrogen (secondary N) is 1. The molecule has 5 nitrogen and oxygen atoms in total. The summed E-state index contributed by atoms with van der Waals surface area (Å²) in [6.45, 7) is 0.452. The monoisotopic (exact) mass is 331 g/mol. The molecule has 0 unspecified atom stereocenters. The van der Waals surface area contributed by atoms with Crippen LogP contribution in [0.1, 0.15) is 4.88 Å². The SMILES string of the molecule is O=C(Cn1cnc(-c2cccs2)cc1=O)NCc1cccs1. The lowest BCUT2D eigenvalue weighted by molar-refractivity contribution is -0.121. The largest absolute Gasteiger partial charge is 0.350 e. The fourth-order valence-corrected chi connectivity index (χ4v) is 3.25. The molecule has 1 amide bonds. The molecule has 112 valence electrons. The predicted octanol–water partition coefficient (Wildman–Crippen LogP) is 2.35. The van der Waals surface area contributed by atoms with Gasteiger partial charge in [-0.25, -0.2) is 4.98 Å². The van der Waals surface area contributed by atoms with Crippen molar-refractivity contribution < 1.29 is 4.79 Å². The summed E-state index contributed by atoms with van der Waals surface area (Å²) in [5, 5.41) is 6.68. The quantitative estimate of drug-likeness (QED) is 0.780. The lowest BCUT2D eigenvalue weighted by Gasteiger charge is -2.06. The maximum absolute atomic E-state index is 12.1. The molecule has 0 aliphatic carbocycles. The molecule has 0 fully saturated rings. The van der Waals surface area contributed by atoms with E-state index in [2.05, 4.69) is 10.3 Å². The van der Waals surface area contributed by atoms with Crippen LogP contribution in [0.25, 0.3) is 10.6 Å². The Hall–Kier alpha value is -2.25. The summed E-state index contributed by atoms with van der Waals surface area (Å²) < 4.78 is 1.31. The molecule has 0 aromatic carbocycles. The normalized spacial score (nSPS) is 10.5. The Morgan fingerprint density at radius 1 is 1.23 bits per heavy atom. The van der Waals surface area contributed by atoms with Gasteiger partial charge in [0.05, 0.1) is 23.4 Å². The first-order valence-corrected chi connectivity index (χ1v) is 8.38. The number of amides is 1. The Kier molecular flexibility index (Phi) is 4.45. The molecule has 1 N–H and O–H groups in total. The van der Waals surface area contributed by atoms with E-state index in [9.17, 15) is 9.59 Å². The van der Waals surface area contributed by atoms with E-state index in [0.29, 0.717) is 12.2 Å².